The molecule has 0 radical (unpaired) electrons. The monoisotopic (exact) mass is 345 g/mol. The van der Waals surface area contributed by atoms with E-state index in [0.29, 0.717) is 6.54 Å². The zero-order chi connectivity index (χ0) is 18.1. The van der Waals surface area contributed by atoms with E-state index in [4.69, 9.17) is 5.73 Å². The van der Waals surface area contributed by atoms with Gasteiger partial charge in [0.15, 0.2) is 0 Å². The largest absolute Gasteiger partial charge is 0.366 e. The normalized spacial score (nSPS) is 16.9. The zero-order valence-electron chi connectivity index (χ0n) is 14.1. The van der Waals surface area contributed by atoms with E-state index < -0.39 is 11.7 Å². The van der Waals surface area contributed by atoms with Crippen molar-refractivity contribution in [1.82, 2.24) is 15.1 Å². The van der Waals surface area contributed by atoms with Crippen LogP contribution in [0.3, 0.4) is 0 Å². The number of benzene rings is 1. The van der Waals surface area contributed by atoms with Crippen LogP contribution in [0.4, 0.5) is 14.9 Å². The highest BCUT2D eigenvalue weighted by Crippen LogP contribution is 2.35. The molecule has 0 aliphatic carbocycles. The maximum Gasteiger partial charge on any atom is 0.322 e. The second kappa shape index (κ2) is 6.54. The van der Waals surface area contributed by atoms with Gasteiger partial charge in [-0.25, -0.2) is 9.18 Å². The molecule has 3 rings (SSSR count). The average molecular weight is 345 g/mol. The maximum absolute atomic E-state index is 14.1. The van der Waals surface area contributed by atoms with E-state index in [0.717, 1.165) is 35.9 Å². The smallest absolute Gasteiger partial charge is 0.322 e. The number of hydrogen-bond acceptors (Lipinski definition) is 3. The number of nitrogens with two attached hydrogens (primary N) is 1. The number of halogens is 1. The summed E-state index contributed by atoms with van der Waals surface area (Å²) in [4.78, 5) is 25.4. The van der Waals surface area contributed by atoms with E-state index in [-0.39, 0.29) is 23.3 Å². The molecule has 2 heterocycles. The van der Waals surface area contributed by atoms with E-state index in [2.05, 4.69) is 15.5 Å². The van der Waals surface area contributed by atoms with Crippen molar-refractivity contribution in [3.8, 4) is 0 Å². The van der Waals surface area contributed by atoms with Gasteiger partial charge in [0.05, 0.1) is 17.4 Å². The van der Waals surface area contributed by atoms with Crippen molar-refractivity contribution in [2.75, 3.05) is 11.9 Å². The molecule has 132 valence electrons. The Morgan fingerprint density at radius 3 is 2.76 bits per heavy atom. The highest BCUT2D eigenvalue weighted by Gasteiger charge is 2.33. The van der Waals surface area contributed by atoms with Gasteiger partial charge in [-0.1, -0.05) is 0 Å². The number of aromatic amines is 1. The molecule has 1 aliphatic heterocycles. The number of nitrogens with zero attached hydrogens (tertiary/aromatic N) is 2. The van der Waals surface area contributed by atoms with E-state index in [1.165, 1.54) is 12.1 Å². The Hall–Kier alpha value is -2.90. The first-order valence-corrected chi connectivity index (χ1v) is 8.07. The first kappa shape index (κ1) is 16.9. The quantitative estimate of drug-likeness (QED) is 0.796. The van der Waals surface area contributed by atoms with Crippen molar-refractivity contribution in [3.63, 3.8) is 0 Å². The summed E-state index contributed by atoms with van der Waals surface area (Å²) in [5.74, 6) is -1.42. The summed E-state index contributed by atoms with van der Waals surface area (Å²) in [6, 6.07) is 3.27. The lowest BCUT2D eigenvalue weighted by Crippen LogP contribution is -2.35. The van der Waals surface area contributed by atoms with Gasteiger partial charge < -0.3 is 16.0 Å². The third kappa shape index (κ3) is 3.19. The van der Waals surface area contributed by atoms with Crippen LogP contribution in [0.1, 0.15) is 46.2 Å². The third-order valence-electron chi connectivity index (χ3n) is 4.53. The average Bonchev–Trinajstić information content (AvgIpc) is 3.15. The summed E-state index contributed by atoms with van der Waals surface area (Å²) >= 11 is 0. The minimum absolute atomic E-state index is 0.0151. The highest BCUT2D eigenvalue weighted by atomic mass is 19.1. The standard InChI is InChI=1S/C17H20FN5O2/c1-9-15(10(2)22-21-9)14-4-3-7-23(14)17(25)20-13-6-5-11(16(19)24)8-12(13)18/h5-6,8,14H,3-4,7H2,1-2H3,(H2,19,24)(H,20,25)(H,21,22)/t14-/m0/s1. The molecular formula is C17H20FN5O2. The molecule has 7 nitrogen and oxygen atoms in total. The number of urea groups is 1. The number of H-pyrrole nitrogens is 1. The number of nitrogens with one attached hydrogen (secondary N) is 2. The molecule has 25 heavy (non-hydrogen) atoms. The van der Waals surface area contributed by atoms with Crippen molar-refractivity contribution >= 4 is 17.6 Å². The van der Waals surface area contributed by atoms with Crippen LogP contribution in [0.25, 0.3) is 0 Å². The zero-order valence-corrected chi connectivity index (χ0v) is 14.1. The molecule has 2 aromatic rings. The first-order chi connectivity index (χ1) is 11.9. The summed E-state index contributed by atoms with van der Waals surface area (Å²) in [7, 11) is 0. The second-order valence-electron chi connectivity index (χ2n) is 6.19. The summed E-state index contributed by atoms with van der Waals surface area (Å²) in [6.45, 7) is 4.41. The van der Waals surface area contributed by atoms with Crippen LogP contribution >= 0.6 is 0 Å². The van der Waals surface area contributed by atoms with Crippen LogP contribution in [0.5, 0.6) is 0 Å². The van der Waals surface area contributed by atoms with Gasteiger partial charge in [-0.05, 0) is 44.9 Å². The predicted molar refractivity (Wildman–Crippen MR) is 90.7 cm³/mol. The van der Waals surface area contributed by atoms with Gasteiger partial charge >= 0.3 is 6.03 Å². The summed E-state index contributed by atoms with van der Waals surface area (Å²) in [5.41, 5.74) is 8.00. The lowest BCUT2D eigenvalue weighted by Gasteiger charge is -2.25. The van der Waals surface area contributed by atoms with E-state index >= 15 is 0 Å². The fourth-order valence-corrected chi connectivity index (χ4v) is 3.32. The molecule has 0 saturated carbocycles. The van der Waals surface area contributed by atoms with Gasteiger partial charge in [-0.3, -0.25) is 9.89 Å². The van der Waals surface area contributed by atoms with Gasteiger partial charge in [0, 0.05) is 23.4 Å². The lowest BCUT2D eigenvalue weighted by atomic mass is 10.0. The number of likely N-dealkylation sites (tertiary alicyclic amines) is 1. The maximum atomic E-state index is 14.1. The number of hydrogen-bond donors (Lipinski definition) is 3. The highest BCUT2D eigenvalue weighted by molar-refractivity contribution is 5.94. The van der Waals surface area contributed by atoms with Crippen LogP contribution in [0.15, 0.2) is 18.2 Å². The fraction of sp³-hybridized carbons (Fsp3) is 0.353. The SMILES string of the molecule is Cc1n[nH]c(C)c1[C@@H]1CCCN1C(=O)Nc1ccc(C(N)=O)cc1F. The van der Waals surface area contributed by atoms with E-state index in [1.807, 2.05) is 13.8 Å². The van der Waals surface area contributed by atoms with Crippen molar-refractivity contribution in [2.45, 2.75) is 32.7 Å². The van der Waals surface area contributed by atoms with Crippen molar-refractivity contribution in [3.05, 3.63) is 46.5 Å². The Bertz CT molecular complexity index is 813. The minimum Gasteiger partial charge on any atom is -0.366 e. The molecule has 1 aromatic carbocycles. The molecule has 1 fully saturated rings. The number of rotatable bonds is 3. The Morgan fingerprint density at radius 2 is 2.16 bits per heavy atom. The Morgan fingerprint density at radius 1 is 1.40 bits per heavy atom. The Balaban J connectivity index is 1.80. The molecule has 4 N–H and O–H groups in total. The molecule has 1 aromatic heterocycles. The molecule has 8 heteroatoms. The molecule has 1 saturated heterocycles. The summed E-state index contributed by atoms with van der Waals surface area (Å²) < 4.78 is 14.1. The molecule has 1 aliphatic rings. The van der Waals surface area contributed by atoms with Gasteiger partial charge in [-0.2, -0.15) is 5.10 Å². The first-order valence-electron chi connectivity index (χ1n) is 8.07. The number of aromatic nitrogens is 2. The van der Waals surface area contributed by atoms with Crippen molar-refractivity contribution < 1.29 is 14.0 Å². The molecule has 0 spiro atoms. The number of amides is 3. The van der Waals surface area contributed by atoms with Crippen LogP contribution in [0, 0.1) is 19.7 Å². The van der Waals surface area contributed by atoms with Crippen LogP contribution in [0.2, 0.25) is 0 Å². The van der Waals surface area contributed by atoms with Crippen molar-refractivity contribution in [2.24, 2.45) is 5.73 Å². The number of primary amides is 1. The predicted octanol–water partition coefficient (Wildman–Crippen LogP) is 2.63. The number of aryl methyl sites for hydroxylation is 2. The third-order valence-corrected chi connectivity index (χ3v) is 4.53. The molecule has 0 unspecified atom stereocenters. The minimum atomic E-state index is -0.720. The summed E-state index contributed by atoms with van der Waals surface area (Å²) in [5, 5.41) is 9.71. The van der Waals surface area contributed by atoms with Gasteiger partial charge in [-0.15, -0.1) is 0 Å². The fourth-order valence-electron chi connectivity index (χ4n) is 3.32. The topological polar surface area (TPSA) is 104 Å². The molecular weight excluding hydrogens is 325 g/mol. The van der Waals surface area contributed by atoms with Gasteiger partial charge in [0.25, 0.3) is 0 Å². The Labute approximate surface area is 144 Å². The van der Waals surface area contributed by atoms with Crippen LogP contribution in [-0.2, 0) is 0 Å². The Kier molecular flexibility index (Phi) is 4.43. The molecule has 3 amide bonds. The molecule has 1 atom stereocenters. The van der Waals surface area contributed by atoms with Gasteiger partial charge in [0.2, 0.25) is 5.91 Å². The molecule has 0 bridgehead atoms. The number of anilines is 1. The van der Waals surface area contributed by atoms with Crippen LogP contribution < -0.4 is 11.1 Å². The van der Waals surface area contributed by atoms with Gasteiger partial charge in [0.1, 0.15) is 5.82 Å². The summed E-state index contributed by atoms with van der Waals surface area (Å²) in [6.07, 6.45) is 1.70. The van der Waals surface area contributed by atoms with E-state index in [9.17, 15) is 14.0 Å². The lowest BCUT2D eigenvalue weighted by molar-refractivity contribution is 0.1000. The van der Waals surface area contributed by atoms with E-state index in [1.54, 1.807) is 4.90 Å². The number of carbonyl (C=O) groups excluding carboxylic acids is 2. The van der Waals surface area contributed by atoms with Crippen LogP contribution in [-0.4, -0.2) is 33.6 Å². The number of carbonyl (C=O) groups is 2. The van der Waals surface area contributed by atoms with Crippen molar-refractivity contribution in [1.29, 1.82) is 0 Å². The second-order valence-corrected chi connectivity index (χ2v) is 6.19.